The summed E-state index contributed by atoms with van der Waals surface area (Å²) in [5.74, 6) is -0.418. The third-order valence-electron chi connectivity index (χ3n) is 1.86. The Bertz CT molecular complexity index is 489. The van der Waals surface area contributed by atoms with Crippen LogP contribution in [0, 0.1) is 6.92 Å². The molecule has 0 bridgehead atoms. The van der Waals surface area contributed by atoms with E-state index in [1.54, 1.807) is 14.1 Å². The lowest BCUT2D eigenvalue weighted by molar-refractivity contribution is 0.0795. The number of amides is 1. The Hall–Kier alpha value is -1.01. The zero-order chi connectivity index (χ0) is 11.8. The van der Waals surface area contributed by atoms with Crippen molar-refractivity contribution in [2.24, 2.45) is 0 Å². The van der Waals surface area contributed by atoms with Gasteiger partial charge in [0.2, 0.25) is 0 Å². The molecule has 7 heteroatoms. The van der Waals surface area contributed by atoms with E-state index >= 15 is 0 Å². The van der Waals surface area contributed by atoms with E-state index in [4.69, 9.17) is 15.1 Å². The second kappa shape index (κ2) is 3.86. The summed E-state index contributed by atoms with van der Waals surface area (Å²) in [4.78, 5) is 12.6. The summed E-state index contributed by atoms with van der Waals surface area (Å²) in [5.41, 5.74) is 0.226. The van der Waals surface area contributed by atoms with Gasteiger partial charge in [-0.15, -0.1) is 0 Å². The lowest BCUT2D eigenvalue weighted by atomic mass is 10.2. The summed E-state index contributed by atoms with van der Waals surface area (Å²) < 4.78 is 27.0. The fraction of sp³-hybridized carbons (Fsp3) is 0.375. The van der Waals surface area contributed by atoms with Crippen molar-refractivity contribution in [1.29, 1.82) is 0 Å². The molecule has 0 saturated heterocycles. The maximum Gasteiger partial charge on any atom is 0.289 e. The first-order valence-electron chi connectivity index (χ1n) is 3.99. The number of hydrogen-bond acceptors (Lipinski definition) is 4. The second-order valence-corrected chi connectivity index (χ2v) is 5.73. The second-order valence-electron chi connectivity index (χ2n) is 3.19. The maximum atomic E-state index is 11.5. The zero-order valence-electron chi connectivity index (χ0n) is 8.44. The molecule has 0 fully saturated rings. The predicted octanol–water partition coefficient (Wildman–Crippen LogP) is 1.22. The first-order valence-corrected chi connectivity index (χ1v) is 6.30. The molecule has 0 N–H and O–H groups in total. The first kappa shape index (κ1) is 12.1. The average molecular weight is 252 g/mol. The molecule has 5 nitrogen and oxygen atoms in total. The highest BCUT2D eigenvalue weighted by atomic mass is 35.7. The third-order valence-corrected chi connectivity index (χ3v) is 3.28. The quantitative estimate of drug-likeness (QED) is 0.741. The first-order chi connectivity index (χ1) is 6.75. The maximum absolute atomic E-state index is 11.5. The topological polar surface area (TPSA) is 67.6 Å². The van der Waals surface area contributed by atoms with Crippen LogP contribution < -0.4 is 0 Å². The third kappa shape index (κ3) is 2.32. The summed E-state index contributed by atoms with van der Waals surface area (Å²) in [6, 6.07) is 0. The molecule has 1 aromatic heterocycles. The van der Waals surface area contributed by atoms with Gasteiger partial charge in [0.25, 0.3) is 15.0 Å². The molecule has 0 unspecified atom stereocenters. The van der Waals surface area contributed by atoms with Crippen molar-refractivity contribution in [2.45, 2.75) is 11.8 Å². The van der Waals surface area contributed by atoms with Gasteiger partial charge in [0.15, 0.2) is 5.76 Å². The van der Waals surface area contributed by atoms with E-state index in [2.05, 4.69) is 0 Å². The highest BCUT2D eigenvalue weighted by Crippen LogP contribution is 2.24. The molecule has 1 amide bonds. The van der Waals surface area contributed by atoms with E-state index in [0.717, 1.165) is 6.26 Å². The monoisotopic (exact) mass is 251 g/mol. The number of furan rings is 1. The molecule has 1 rings (SSSR count). The van der Waals surface area contributed by atoms with Crippen molar-refractivity contribution in [3.63, 3.8) is 0 Å². The summed E-state index contributed by atoms with van der Waals surface area (Å²) in [6.45, 7) is 1.47. The van der Waals surface area contributed by atoms with Crippen molar-refractivity contribution in [3.8, 4) is 0 Å². The molecule has 0 aliphatic carbocycles. The molecule has 0 atom stereocenters. The number of nitrogens with zero attached hydrogens (tertiary/aromatic N) is 1. The summed E-state index contributed by atoms with van der Waals surface area (Å²) in [7, 11) is 4.37. The van der Waals surface area contributed by atoms with Crippen LogP contribution in [-0.4, -0.2) is 33.3 Å². The van der Waals surface area contributed by atoms with E-state index in [1.165, 1.54) is 11.8 Å². The van der Waals surface area contributed by atoms with Crippen molar-refractivity contribution < 1.29 is 17.6 Å². The standard InChI is InChI=1S/C8H10ClNO4S/c1-5-6(15(9,12)13)4-14-7(5)8(11)10(2)3/h4H,1-3H3. The van der Waals surface area contributed by atoms with Crippen LogP contribution in [0.2, 0.25) is 0 Å². The lowest BCUT2D eigenvalue weighted by Gasteiger charge is -2.07. The van der Waals surface area contributed by atoms with Gasteiger partial charge in [0.05, 0.1) is 0 Å². The normalized spacial score (nSPS) is 11.5. The van der Waals surface area contributed by atoms with Gasteiger partial charge in [-0.25, -0.2) is 8.42 Å². The highest BCUT2D eigenvalue weighted by molar-refractivity contribution is 8.13. The highest BCUT2D eigenvalue weighted by Gasteiger charge is 2.24. The summed E-state index contributed by atoms with van der Waals surface area (Å²) >= 11 is 0. The molecule has 0 saturated carbocycles. The Balaban J connectivity index is 3.28. The van der Waals surface area contributed by atoms with Crippen molar-refractivity contribution >= 4 is 25.6 Å². The Labute approximate surface area is 92.0 Å². The molecule has 0 aromatic carbocycles. The van der Waals surface area contributed by atoms with Crippen LogP contribution in [0.25, 0.3) is 0 Å². The smallest absolute Gasteiger partial charge is 0.289 e. The molecule has 0 aliphatic rings. The van der Waals surface area contributed by atoms with Gasteiger partial charge >= 0.3 is 0 Å². The fourth-order valence-corrected chi connectivity index (χ4v) is 2.13. The van der Waals surface area contributed by atoms with E-state index in [9.17, 15) is 13.2 Å². The van der Waals surface area contributed by atoms with Crippen molar-refractivity contribution in [3.05, 3.63) is 17.6 Å². The summed E-state index contributed by atoms with van der Waals surface area (Å²) in [5, 5.41) is 0. The minimum absolute atomic E-state index is 0.0146. The van der Waals surface area contributed by atoms with Crippen LogP contribution in [0.5, 0.6) is 0 Å². The van der Waals surface area contributed by atoms with E-state index in [1.807, 2.05) is 0 Å². The Kier molecular flexibility index (Phi) is 3.11. The Morgan fingerprint density at radius 3 is 2.33 bits per heavy atom. The molecular weight excluding hydrogens is 242 g/mol. The minimum atomic E-state index is -3.86. The van der Waals surface area contributed by atoms with Gasteiger partial charge in [-0.2, -0.15) is 0 Å². The molecule has 1 heterocycles. The average Bonchev–Trinajstić information content (AvgIpc) is 2.44. The van der Waals surface area contributed by atoms with Gasteiger partial charge in [-0.05, 0) is 6.92 Å². The number of hydrogen-bond donors (Lipinski definition) is 0. The van der Waals surface area contributed by atoms with Crippen LogP contribution in [-0.2, 0) is 9.05 Å². The minimum Gasteiger partial charge on any atom is -0.457 e. The van der Waals surface area contributed by atoms with E-state index in [0.29, 0.717) is 0 Å². The van der Waals surface area contributed by atoms with Gasteiger partial charge in [-0.3, -0.25) is 4.79 Å². The lowest BCUT2D eigenvalue weighted by Crippen LogP contribution is -2.21. The fourth-order valence-electron chi connectivity index (χ4n) is 1.06. The molecule has 84 valence electrons. The van der Waals surface area contributed by atoms with Gasteiger partial charge in [0.1, 0.15) is 11.2 Å². The van der Waals surface area contributed by atoms with Crippen LogP contribution in [0.15, 0.2) is 15.6 Å². The number of carbonyl (C=O) groups is 1. The van der Waals surface area contributed by atoms with E-state index in [-0.39, 0.29) is 16.2 Å². The van der Waals surface area contributed by atoms with Gasteiger partial charge in [-0.1, -0.05) is 0 Å². The van der Waals surface area contributed by atoms with Crippen LogP contribution in [0.3, 0.4) is 0 Å². The Morgan fingerprint density at radius 1 is 1.47 bits per heavy atom. The molecule has 0 aliphatic heterocycles. The summed E-state index contributed by atoms with van der Waals surface area (Å²) in [6.07, 6.45) is 0.967. The molecule has 0 radical (unpaired) electrons. The van der Waals surface area contributed by atoms with Gasteiger partial charge < -0.3 is 9.32 Å². The number of halogens is 1. The van der Waals surface area contributed by atoms with E-state index < -0.39 is 15.0 Å². The Morgan fingerprint density at radius 2 is 2.00 bits per heavy atom. The van der Waals surface area contributed by atoms with Gasteiger partial charge in [0, 0.05) is 30.3 Å². The van der Waals surface area contributed by atoms with Crippen LogP contribution >= 0.6 is 10.7 Å². The molecule has 15 heavy (non-hydrogen) atoms. The largest absolute Gasteiger partial charge is 0.457 e. The van der Waals surface area contributed by atoms with Crippen molar-refractivity contribution in [1.82, 2.24) is 4.90 Å². The SMILES string of the molecule is Cc1c(S(=O)(=O)Cl)coc1C(=O)N(C)C. The van der Waals surface area contributed by atoms with Crippen LogP contribution in [0.4, 0.5) is 0 Å². The predicted molar refractivity (Wildman–Crippen MR) is 54.5 cm³/mol. The molecular formula is C8H10ClNO4S. The zero-order valence-corrected chi connectivity index (χ0v) is 10.0. The molecule has 0 spiro atoms. The number of carbonyl (C=O) groups excluding carboxylic acids is 1. The number of rotatable bonds is 2. The van der Waals surface area contributed by atoms with Crippen molar-refractivity contribution in [2.75, 3.05) is 14.1 Å². The molecule has 1 aromatic rings. The van der Waals surface area contributed by atoms with Crippen LogP contribution in [0.1, 0.15) is 16.1 Å².